The molecule has 0 unspecified atom stereocenters. The van der Waals surface area contributed by atoms with Crippen molar-refractivity contribution in [1.29, 1.82) is 0 Å². The number of aliphatic imine (C=N–C) groups is 1. The molecule has 70 valence electrons. The van der Waals surface area contributed by atoms with Crippen molar-refractivity contribution in [3.63, 3.8) is 0 Å². The van der Waals surface area contributed by atoms with E-state index in [1.54, 1.807) is 14.0 Å². The van der Waals surface area contributed by atoms with Crippen LogP contribution in [0.3, 0.4) is 0 Å². The maximum Gasteiger partial charge on any atom is 0.193 e. The van der Waals surface area contributed by atoms with Gasteiger partial charge < -0.3 is 11.1 Å². The Morgan fingerprint density at radius 1 is 1.50 bits per heavy atom. The Hall–Kier alpha value is -0.900. The molecule has 0 rings (SSSR count). The van der Waals surface area contributed by atoms with Crippen molar-refractivity contribution >= 4 is 23.2 Å². The molecule has 0 atom stereocenters. The topological polar surface area (TPSA) is 50.4 Å². The molecule has 0 radical (unpaired) electrons. The molecular formula is C8H17N3S. The fraction of sp³-hybridized carbons (Fsp3) is 0.500. The minimum atomic E-state index is 0.313. The Kier molecular flexibility index (Phi) is 9.34. The van der Waals surface area contributed by atoms with E-state index in [1.807, 2.05) is 13.8 Å². The van der Waals surface area contributed by atoms with Crippen LogP contribution in [0.25, 0.3) is 0 Å². The maximum absolute atomic E-state index is 5.32. The van der Waals surface area contributed by atoms with E-state index in [9.17, 15) is 0 Å². The summed E-state index contributed by atoms with van der Waals surface area (Å²) in [7, 11) is 1.59. The van der Waals surface area contributed by atoms with E-state index >= 15 is 0 Å². The highest BCUT2D eigenvalue weighted by molar-refractivity contribution is 7.80. The summed E-state index contributed by atoms with van der Waals surface area (Å²) < 4.78 is 0. The highest BCUT2D eigenvalue weighted by atomic mass is 32.1. The first-order valence-corrected chi connectivity index (χ1v) is 4.18. The summed E-state index contributed by atoms with van der Waals surface area (Å²) in [5, 5.41) is 2.69. The van der Waals surface area contributed by atoms with Crippen molar-refractivity contribution in [2.75, 3.05) is 7.05 Å². The summed E-state index contributed by atoms with van der Waals surface area (Å²) in [5.41, 5.74) is 6.10. The highest BCUT2D eigenvalue weighted by Gasteiger charge is 1.95. The number of rotatable bonds is 1. The molecule has 0 saturated heterocycles. The molecule has 12 heavy (non-hydrogen) atoms. The number of nitrogens with zero attached hydrogens (tertiary/aromatic N) is 1. The average Bonchev–Trinajstić information content (AvgIpc) is 2.07. The van der Waals surface area contributed by atoms with Crippen molar-refractivity contribution in [2.24, 2.45) is 10.7 Å². The lowest BCUT2D eigenvalue weighted by molar-refractivity contribution is 1.26. The Bertz CT molecular complexity index is 185. The SMILES string of the molecule is C=C(C)C(=S)NC(N)=NC.CC. The molecular weight excluding hydrogens is 170 g/mol. The van der Waals surface area contributed by atoms with Gasteiger partial charge in [0.05, 0.1) is 0 Å². The Balaban J connectivity index is 0. The molecule has 3 N–H and O–H groups in total. The van der Waals surface area contributed by atoms with Gasteiger partial charge in [-0.25, -0.2) is 0 Å². The highest BCUT2D eigenvalue weighted by Crippen LogP contribution is 1.87. The smallest absolute Gasteiger partial charge is 0.193 e. The zero-order valence-corrected chi connectivity index (χ0v) is 8.96. The number of hydrogen-bond acceptors (Lipinski definition) is 2. The van der Waals surface area contributed by atoms with Gasteiger partial charge in [-0.2, -0.15) is 0 Å². The first kappa shape index (κ1) is 13.7. The largest absolute Gasteiger partial charge is 0.370 e. The van der Waals surface area contributed by atoms with E-state index in [2.05, 4.69) is 16.9 Å². The van der Waals surface area contributed by atoms with Gasteiger partial charge in [0, 0.05) is 7.05 Å². The van der Waals surface area contributed by atoms with Gasteiger partial charge in [-0.15, -0.1) is 0 Å². The standard InChI is InChI=1S/C6H11N3S.C2H6/c1-4(2)5(10)9-6(7)8-3;1-2/h1H2,2-3H3,(H3,7,8,9,10);1-2H3. The number of nitrogens with two attached hydrogens (primary N) is 1. The van der Waals surface area contributed by atoms with Crippen LogP contribution in [-0.2, 0) is 0 Å². The van der Waals surface area contributed by atoms with Crippen LogP contribution in [0.2, 0.25) is 0 Å². The van der Waals surface area contributed by atoms with E-state index in [0.717, 1.165) is 5.57 Å². The molecule has 0 saturated carbocycles. The molecule has 0 aliphatic carbocycles. The summed E-state index contributed by atoms with van der Waals surface area (Å²) in [4.78, 5) is 4.20. The summed E-state index contributed by atoms with van der Waals surface area (Å²) in [5.74, 6) is 0.313. The summed E-state index contributed by atoms with van der Waals surface area (Å²) in [6.45, 7) is 9.43. The minimum Gasteiger partial charge on any atom is -0.370 e. The van der Waals surface area contributed by atoms with Crippen LogP contribution in [0, 0.1) is 0 Å². The third-order valence-corrected chi connectivity index (χ3v) is 1.32. The number of hydrogen-bond donors (Lipinski definition) is 2. The van der Waals surface area contributed by atoms with Gasteiger partial charge in [-0.1, -0.05) is 32.6 Å². The number of thiocarbonyl (C=S) groups is 1. The predicted octanol–water partition coefficient (Wildman–Crippen LogP) is 1.45. The zero-order valence-electron chi connectivity index (χ0n) is 8.14. The van der Waals surface area contributed by atoms with Crippen LogP contribution >= 0.6 is 12.2 Å². The quantitative estimate of drug-likeness (QED) is 0.283. The molecule has 3 nitrogen and oxygen atoms in total. The molecule has 0 heterocycles. The molecule has 0 bridgehead atoms. The van der Waals surface area contributed by atoms with Gasteiger partial charge in [-0.05, 0) is 12.5 Å². The van der Waals surface area contributed by atoms with E-state index in [0.29, 0.717) is 10.9 Å². The molecule has 0 aromatic heterocycles. The molecule has 0 aliphatic heterocycles. The number of nitrogens with one attached hydrogen (secondary N) is 1. The third-order valence-electron chi connectivity index (χ3n) is 0.870. The molecule has 0 aromatic rings. The van der Waals surface area contributed by atoms with Gasteiger partial charge in [0.1, 0.15) is 4.99 Å². The van der Waals surface area contributed by atoms with Crippen LogP contribution in [0.1, 0.15) is 20.8 Å². The van der Waals surface area contributed by atoms with E-state index in [1.165, 1.54) is 0 Å². The lowest BCUT2D eigenvalue weighted by atomic mass is 10.3. The van der Waals surface area contributed by atoms with Crippen molar-refractivity contribution in [2.45, 2.75) is 20.8 Å². The van der Waals surface area contributed by atoms with Gasteiger partial charge in [0.2, 0.25) is 0 Å². The maximum atomic E-state index is 5.32. The Morgan fingerprint density at radius 2 is 1.92 bits per heavy atom. The van der Waals surface area contributed by atoms with Crippen LogP contribution in [-0.4, -0.2) is 18.0 Å². The second-order valence-corrected chi connectivity index (χ2v) is 2.25. The lowest BCUT2D eigenvalue weighted by Crippen LogP contribution is -2.35. The second-order valence-electron chi connectivity index (χ2n) is 1.84. The summed E-state index contributed by atoms with van der Waals surface area (Å²) in [6, 6.07) is 0. The predicted molar refractivity (Wildman–Crippen MR) is 59.4 cm³/mol. The Morgan fingerprint density at radius 3 is 2.17 bits per heavy atom. The fourth-order valence-corrected chi connectivity index (χ4v) is 0.383. The first-order valence-electron chi connectivity index (χ1n) is 3.77. The van der Waals surface area contributed by atoms with Crippen LogP contribution in [0.4, 0.5) is 0 Å². The van der Waals surface area contributed by atoms with Crippen molar-refractivity contribution in [1.82, 2.24) is 5.32 Å². The molecule has 0 fully saturated rings. The van der Waals surface area contributed by atoms with E-state index in [4.69, 9.17) is 18.0 Å². The first-order chi connectivity index (χ1) is 5.57. The van der Waals surface area contributed by atoms with Crippen molar-refractivity contribution < 1.29 is 0 Å². The summed E-state index contributed by atoms with van der Waals surface area (Å²) >= 11 is 4.85. The molecule has 0 aliphatic rings. The normalized spacial score (nSPS) is 9.50. The van der Waals surface area contributed by atoms with Crippen molar-refractivity contribution in [3.05, 3.63) is 12.2 Å². The van der Waals surface area contributed by atoms with Crippen LogP contribution in [0.15, 0.2) is 17.1 Å². The average molecular weight is 187 g/mol. The summed E-state index contributed by atoms with van der Waals surface area (Å²) in [6.07, 6.45) is 0. The lowest BCUT2D eigenvalue weighted by Gasteiger charge is -2.03. The van der Waals surface area contributed by atoms with Gasteiger partial charge in [0.25, 0.3) is 0 Å². The molecule has 4 heteroatoms. The van der Waals surface area contributed by atoms with Crippen molar-refractivity contribution in [3.8, 4) is 0 Å². The van der Waals surface area contributed by atoms with E-state index in [-0.39, 0.29) is 0 Å². The monoisotopic (exact) mass is 187 g/mol. The fourth-order valence-electron chi connectivity index (χ4n) is 0.279. The van der Waals surface area contributed by atoms with Gasteiger partial charge >= 0.3 is 0 Å². The minimum absolute atomic E-state index is 0.313. The third kappa shape index (κ3) is 7.21. The van der Waals surface area contributed by atoms with E-state index < -0.39 is 0 Å². The van der Waals surface area contributed by atoms with Crippen LogP contribution in [0.5, 0.6) is 0 Å². The van der Waals surface area contributed by atoms with Gasteiger partial charge in [0.15, 0.2) is 5.96 Å². The second kappa shape index (κ2) is 8.20. The van der Waals surface area contributed by atoms with Crippen LogP contribution < -0.4 is 11.1 Å². The molecule has 0 aromatic carbocycles. The molecule has 0 spiro atoms. The van der Waals surface area contributed by atoms with Gasteiger partial charge in [-0.3, -0.25) is 4.99 Å². The Labute approximate surface area is 79.8 Å². The molecule has 0 amide bonds. The number of guanidine groups is 1. The zero-order chi connectivity index (χ0) is 10.1.